The summed E-state index contributed by atoms with van der Waals surface area (Å²) >= 11 is 15.7. The Morgan fingerprint density at radius 2 is 1.85 bits per heavy atom. The quantitative estimate of drug-likeness (QED) is 0.792. The second-order valence-corrected chi connectivity index (χ2v) is 5.88. The molecule has 0 aliphatic rings. The molecule has 0 aromatic heterocycles. The SMILES string of the molecule is CCOc1ccc(Br)cc1C(O)c1c(Cl)cccc1Cl. The van der Waals surface area contributed by atoms with E-state index in [4.69, 9.17) is 27.9 Å². The summed E-state index contributed by atoms with van der Waals surface area (Å²) in [6, 6.07) is 10.6. The number of hydrogen-bond acceptors (Lipinski definition) is 2. The van der Waals surface area contributed by atoms with Crippen LogP contribution in [0.5, 0.6) is 5.75 Å². The molecule has 2 aromatic rings. The number of aliphatic hydroxyl groups excluding tert-OH is 1. The van der Waals surface area contributed by atoms with Crippen molar-refractivity contribution in [1.29, 1.82) is 0 Å². The van der Waals surface area contributed by atoms with Crippen molar-refractivity contribution >= 4 is 39.1 Å². The van der Waals surface area contributed by atoms with Crippen molar-refractivity contribution in [3.63, 3.8) is 0 Å². The molecule has 0 spiro atoms. The van der Waals surface area contributed by atoms with E-state index in [0.717, 1.165) is 4.47 Å². The van der Waals surface area contributed by atoms with Gasteiger partial charge in [-0.2, -0.15) is 0 Å². The molecule has 0 bridgehead atoms. The average Bonchev–Trinajstić information content (AvgIpc) is 2.40. The fourth-order valence-corrected chi connectivity index (χ4v) is 2.93. The number of hydrogen-bond donors (Lipinski definition) is 1. The molecule has 2 nitrogen and oxygen atoms in total. The van der Waals surface area contributed by atoms with E-state index >= 15 is 0 Å². The van der Waals surface area contributed by atoms with Crippen LogP contribution in [-0.2, 0) is 0 Å². The van der Waals surface area contributed by atoms with Crippen molar-refractivity contribution in [2.24, 2.45) is 0 Å². The molecule has 0 aliphatic heterocycles. The minimum absolute atomic E-state index is 0.424. The van der Waals surface area contributed by atoms with Crippen molar-refractivity contribution in [2.75, 3.05) is 6.61 Å². The van der Waals surface area contributed by atoms with Crippen molar-refractivity contribution in [3.8, 4) is 5.75 Å². The summed E-state index contributed by atoms with van der Waals surface area (Å²) in [6.07, 6.45) is -0.949. The highest BCUT2D eigenvalue weighted by Crippen LogP contribution is 2.38. The van der Waals surface area contributed by atoms with E-state index in [1.165, 1.54) is 0 Å². The molecule has 1 N–H and O–H groups in total. The highest BCUT2D eigenvalue weighted by atomic mass is 79.9. The zero-order valence-corrected chi connectivity index (χ0v) is 13.8. The molecule has 5 heteroatoms. The van der Waals surface area contributed by atoms with E-state index in [9.17, 15) is 5.11 Å². The van der Waals surface area contributed by atoms with Gasteiger partial charge in [0.2, 0.25) is 0 Å². The van der Waals surface area contributed by atoms with Crippen LogP contribution in [0, 0.1) is 0 Å². The van der Waals surface area contributed by atoms with Gasteiger partial charge in [0, 0.05) is 25.6 Å². The maximum atomic E-state index is 10.6. The van der Waals surface area contributed by atoms with Gasteiger partial charge in [-0.15, -0.1) is 0 Å². The first-order valence-corrected chi connectivity index (χ1v) is 7.63. The maximum absolute atomic E-state index is 10.6. The van der Waals surface area contributed by atoms with Gasteiger partial charge in [0.05, 0.1) is 6.61 Å². The van der Waals surface area contributed by atoms with Crippen LogP contribution in [0.3, 0.4) is 0 Å². The zero-order valence-electron chi connectivity index (χ0n) is 10.7. The molecule has 0 radical (unpaired) electrons. The Balaban J connectivity index is 2.52. The van der Waals surface area contributed by atoms with Gasteiger partial charge in [-0.1, -0.05) is 45.2 Å². The molecule has 0 heterocycles. The van der Waals surface area contributed by atoms with Crippen LogP contribution < -0.4 is 4.74 Å². The van der Waals surface area contributed by atoms with Gasteiger partial charge in [-0.3, -0.25) is 0 Å². The lowest BCUT2D eigenvalue weighted by Crippen LogP contribution is -2.05. The Kier molecular flexibility index (Phi) is 5.33. The number of ether oxygens (including phenoxy) is 1. The molecule has 0 fully saturated rings. The summed E-state index contributed by atoms with van der Waals surface area (Å²) < 4.78 is 6.39. The summed E-state index contributed by atoms with van der Waals surface area (Å²) in [5.41, 5.74) is 1.10. The minimum atomic E-state index is -0.949. The first-order chi connectivity index (χ1) is 9.54. The van der Waals surface area contributed by atoms with Crippen LogP contribution in [0.2, 0.25) is 10.0 Å². The molecule has 0 amide bonds. The predicted octanol–water partition coefficient (Wildman–Crippen LogP) is 5.24. The standard InChI is InChI=1S/C15H13BrCl2O2/c1-2-20-13-7-6-9(16)8-10(13)15(19)14-11(17)4-3-5-12(14)18/h3-8,15,19H,2H2,1H3. The van der Waals surface area contributed by atoms with Crippen molar-refractivity contribution in [2.45, 2.75) is 13.0 Å². The van der Waals surface area contributed by atoms with E-state index in [2.05, 4.69) is 15.9 Å². The topological polar surface area (TPSA) is 29.5 Å². The largest absolute Gasteiger partial charge is 0.493 e. The van der Waals surface area contributed by atoms with Crippen LogP contribution in [0.15, 0.2) is 40.9 Å². The second-order valence-electron chi connectivity index (χ2n) is 4.15. The van der Waals surface area contributed by atoms with E-state index < -0.39 is 6.10 Å². The Bertz CT molecular complexity index is 597. The molecule has 1 unspecified atom stereocenters. The Hall–Kier alpha value is -0.740. The maximum Gasteiger partial charge on any atom is 0.125 e. The monoisotopic (exact) mass is 374 g/mol. The highest BCUT2D eigenvalue weighted by Gasteiger charge is 2.21. The summed E-state index contributed by atoms with van der Waals surface area (Å²) in [7, 11) is 0. The first kappa shape index (κ1) is 15.6. The predicted molar refractivity (Wildman–Crippen MR) is 85.8 cm³/mol. The van der Waals surface area contributed by atoms with Crippen LogP contribution >= 0.6 is 39.1 Å². The van der Waals surface area contributed by atoms with Crippen molar-refractivity contribution in [3.05, 3.63) is 62.0 Å². The number of rotatable bonds is 4. The highest BCUT2D eigenvalue weighted by molar-refractivity contribution is 9.10. The van der Waals surface area contributed by atoms with Gasteiger partial charge in [-0.05, 0) is 37.3 Å². The molecule has 2 aromatic carbocycles. The van der Waals surface area contributed by atoms with Crippen LogP contribution in [0.4, 0.5) is 0 Å². The first-order valence-electron chi connectivity index (χ1n) is 6.08. The fraction of sp³-hybridized carbons (Fsp3) is 0.200. The summed E-state index contributed by atoms with van der Waals surface area (Å²) in [6.45, 7) is 2.40. The van der Waals surface area contributed by atoms with E-state index in [1.54, 1.807) is 30.3 Å². The van der Waals surface area contributed by atoms with Crippen LogP contribution in [0.1, 0.15) is 24.2 Å². The summed E-state index contributed by atoms with van der Waals surface area (Å²) in [4.78, 5) is 0. The third-order valence-corrected chi connectivity index (χ3v) is 3.99. The zero-order chi connectivity index (χ0) is 14.7. The van der Waals surface area contributed by atoms with E-state index in [1.807, 2.05) is 13.0 Å². The smallest absolute Gasteiger partial charge is 0.125 e. The number of halogens is 3. The van der Waals surface area contributed by atoms with Gasteiger partial charge in [0.1, 0.15) is 11.9 Å². The molecule has 0 aliphatic carbocycles. The Labute approximate surface area is 136 Å². The Morgan fingerprint density at radius 3 is 2.45 bits per heavy atom. The lowest BCUT2D eigenvalue weighted by molar-refractivity contribution is 0.212. The third kappa shape index (κ3) is 3.29. The molecular formula is C15H13BrCl2O2. The lowest BCUT2D eigenvalue weighted by Gasteiger charge is -2.18. The van der Waals surface area contributed by atoms with Gasteiger partial charge in [-0.25, -0.2) is 0 Å². The Morgan fingerprint density at radius 1 is 1.20 bits per heavy atom. The lowest BCUT2D eigenvalue weighted by atomic mass is 10.0. The fourth-order valence-electron chi connectivity index (χ4n) is 1.95. The third-order valence-electron chi connectivity index (χ3n) is 2.84. The average molecular weight is 376 g/mol. The molecule has 106 valence electrons. The summed E-state index contributed by atoms with van der Waals surface area (Å²) in [5.74, 6) is 0.610. The molecular weight excluding hydrogens is 363 g/mol. The molecule has 0 saturated heterocycles. The molecule has 0 saturated carbocycles. The number of benzene rings is 2. The molecule has 2 rings (SSSR count). The summed E-state index contributed by atoms with van der Waals surface area (Å²) in [5, 5.41) is 11.5. The van der Waals surface area contributed by atoms with Gasteiger partial charge in [0.15, 0.2) is 0 Å². The number of aliphatic hydroxyl groups is 1. The van der Waals surface area contributed by atoms with Crippen LogP contribution in [-0.4, -0.2) is 11.7 Å². The van der Waals surface area contributed by atoms with Gasteiger partial charge < -0.3 is 9.84 Å². The van der Waals surface area contributed by atoms with Crippen molar-refractivity contribution in [1.82, 2.24) is 0 Å². The van der Waals surface area contributed by atoms with E-state index in [0.29, 0.717) is 33.5 Å². The van der Waals surface area contributed by atoms with Gasteiger partial charge >= 0.3 is 0 Å². The second kappa shape index (κ2) is 6.81. The minimum Gasteiger partial charge on any atom is -0.493 e. The van der Waals surface area contributed by atoms with Crippen LogP contribution in [0.25, 0.3) is 0 Å². The molecule has 1 atom stereocenters. The van der Waals surface area contributed by atoms with Gasteiger partial charge in [0.25, 0.3) is 0 Å². The molecule has 20 heavy (non-hydrogen) atoms. The van der Waals surface area contributed by atoms with Crippen molar-refractivity contribution < 1.29 is 9.84 Å². The van der Waals surface area contributed by atoms with E-state index in [-0.39, 0.29) is 0 Å². The normalized spacial score (nSPS) is 12.2.